The van der Waals surface area contributed by atoms with Crippen molar-refractivity contribution in [3.05, 3.63) is 11.2 Å². The summed E-state index contributed by atoms with van der Waals surface area (Å²) in [6, 6.07) is 0.425. The average Bonchev–Trinajstić information content (AvgIpc) is 3.27. The Balaban J connectivity index is 1.72. The molecule has 2 rings (SSSR count). The van der Waals surface area contributed by atoms with Gasteiger partial charge >= 0.3 is 0 Å². The number of hydrogen-bond donors (Lipinski definition) is 3. The monoisotopic (exact) mass is 311 g/mol. The number of nitrogens with zero attached hydrogens (tertiary/aromatic N) is 2. The topological polar surface area (TPSA) is 78.9 Å². The van der Waals surface area contributed by atoms with Gasteiger partial charge in [0.2, 0.25) is 11.9 Å². The second-order valence-corrected chi connectivity index (χ2v) is 5.60. The molecule has 3 N–H and O–H groups in total. The van der Waals surface area contributed by atoms with Gasteiger partial charge in [-0.05, 0) is 25.7 Å². The number of hydrogen-bond acceptors (Lipinski definition) is 5. The van der Waals surface area contributed by atoms with E-state index in [-0.39, 0.29) is 5.91 Å². The molecule has 0 atom stereocenters. The molecule has 1 aliphatic carbocycles. The molecule has 21 heavy (non-hydrogen) atoms. The summed E-state index contributed by atoms with van der Waals surface area (Å²) in [6.45, 7) is 3.55. The number of carbonyl (C=O) groups is 1. The van der Waals surface area contributed by atoms with Crippen molar-refractivity contribution in [1.82, 2.24) is 15.3 Å². The van der Waals surface area contributed by atoms with Crippen molar-refractivity contribution in [3.63, 3.8) is 0 Å². The van der Waals surface area contributed by atoms with E-state index in [1.807, 2.05) is 0 Å². The van der Waals surface area contributed by atoms with E-state index in [0.29, 0.717) is 35.8 Å². The lowest BCUT2D eigenvalue weighted by atomic mass is 10.3. The van der Waals surface area contributed by atoms with Crippen LogP contribution in [-0.2, 0) is 4.79 Å². The first kappa shape index (κ1) is 15.8. The zero-order valence-corrected chi connectivity index (χ0v) is 13.0. The molecule has 0 bridgehead atoms. The highest BCUT2D eigenvalue weighted by molar-refractivity contribution is 6.32. The zero-order chi connectivity index (χ0) is 15.1. The number of anilines is 2. The number of rotatable bonds is 9. The summed E-state index contributed by atoms with van der Waals surface area (Å²) < 4.78 is 0. The van der Waals surface area contributed by atoms with Gasteiger partial charge in [0.05, 0.1) is 6.20 Å². The molecular weight excluding hydrogens is 290 g/mol. The van der Waals surface area contributed by atoms with Gasteiger partial charge in [-0.3, -0.25) is 4.79 Å². The second-order valence-electron chi connectivity index (χ2n) is 5.19. The van der Waals surface area contributed by atoms with Gasteiger partial charge in [0, 0.05) is 25.6 Å². The molecule has 6 nitrogen and oxygen atoms in total. The number of amides is 1. The number of aromatic nitrogens is 2. The molecule has 7 heteroatoms. The smallest absolute Gasteiger partial charge is 0.224 e. The standard InChI is InChI=1S/C14H22ClN5O/c1-2-7-17-14-18-9-11(15)13(20-14)16-8-3-4-12(21)19-10-5-6-10/h9-10H,2-8H2,1H3,(H,19,21)(H2,16,17,18,20). The van der Waals surface area contributed by atoms with E-state index in [2.05, 4.69) is 32.8 Å². The van der Waals surface area contributed by atoms with E-state index < -0.39 is 0 Å². The van der Waals surface area contributed by atoms with Gasteiger partial charge in [0.1, 0.15) is 10.8 Å². The van der Waals surface area contributed by atoms with E-state index in [4.69, 9.17) is 11.6 Å². The normalized spacial score (nSPS) is 13.8. The van der Waals surface area contributed by atoms with Gasteiger partial charge in [0.25, 0.3) is 0 Å². The first-order valence-corrected chi connectivity index (χ1v) is 7.86. The molecular formula is C14H22ClN5O. The maximum atomic E-state index is 11.5. The molecule has 1 aromatic heterocycles. The first-order valence-electron chi connectivity index (χ1n) is 7.48. The quantitative estimate of drug-likeness (QED) is 0.610. The first-order chi connectivity index (χ1) is 10.2. The van der Waals surface area contributed by atoms with Gasteiger partial charge in [-0.1, -0.05) is 18.5 Å². The van der Waals surface area contributed by atoms with Crippen molar-refractivity contribution in [2.45, 2.75) is 45.1 Å². The molecule has 116 valence electrons. The fourth-order valence-electron chi connectivity index (χ4n) is 1.80. The van der Waals surface area contributed by atoms with Gasteiger partial charge in [-0.25, -0.2) is 4.98 Å². The van der Waals surface area contributed by atoms with Crippen LogP contribution in [0.4, 0.5) is 11.8 Å². The van der Waals surface area contributed by atoms with Crippen LogP contribution in [0.15, 0.2) is 6.20 Å². The summed E-state index contributed by atoms with van der Waals surface area (Å²) in [5, 5.41) is 9.72. The van der Waals surface area contributed by atoms with Crippen LogP contribution in [-0.4, -0.2) is 35.0 Å². The van der Waals surface area contributed by atoms with Crippen LogP contribution in [0.5, 0.6) is 0 Å². The molecule has 0 aromatic carbocycles. The SMILES string of the molecule is CCCNc1ncc(Cl)c(NCCCC(=O)NC2CC2)n1. The van der Waals surface area contributed by atoms with Gasteiger partial charge < -0.3 is 16.0 Å². The zero-order valence-electron chi connectivity index (χ0n) is 12.3. The van der Waals surface area contributed by atoms with Crippen molar-refractivity contribution in [1.29, 1.82) is 0 Å². The predicted molar refractivity (Wildman–Crippen MR) is 84.7 cm³/mol. The maximum absolute atomic E-state index is 11.5. The minimum absolute atomic E-state index is 0.124. The Hall–Kier alpha value is -1.56. The largest absolute Gasteiger partial charge is 0.369 e. The van der Waals surface area contributed by atoms with Crippen LogP contribution >= 0.6 is 11.6 Å². The summed E-state index contributed by atoms with van der Waals surface area (Å²) in [5.74, 6) is 1.29. The highest BCUT2D eigenvalue weighted by atomic mass is 35.5. The lowest BCUT2D eigenvalue weighted by molar-refractivity contribution is -0.121. The van der Waals surface area contributed by atoms with E-state index in [0.717, 1.165) is 32.2 Å². The van der Waals surface area contributed by atoms with Crippen LogP contribution in [0.2, 0.25) is 5.02 Å². The Morgan fingerprint density at radius 2 is 2.19 bits per heavy atom. The molecule has 1 aromatic rings. The van der Waals surface area contributed by atoms with Crippen LogP contribution < -0.4 is 16.0 Å². The average molecular weight is 312 g/mol. The maximum Gasteiger partial charge on any atom is 0.224 e. The molecule has 0 radical (unpaired) electrons. The van der Waals surface area contributed by atoms with Crippen LogP contribution in [0.1, 0.15) is 39.0 Å². The van der Waals surface area contributed by atoms with Crippen LogP contribution in [0.25, 0.3) is 0 Å². The minimum atomic E-state index is 0.124. The lowest BCUT2D eigenvalue weighted by Gasteiger charge is -2.09. The highest BCUT2D eigenvalue weighted by Crippen LogP contribution is 2.20. The van der Waals surface area contributed by atoms with Crippen LogP contribution in [0, 0.1) is 0 Å². The Morgan fingerprint density at radius 1 is 1.38 bits per heavy atom. The van der Waals surface area contributed by atoms with E-state index in [1.54, 1.807) is 6.20 Å². The summed E-state index contributed by atoms with van der Waals surface area (Å²) in [6.07, 6.45) is 6.09. The molecule has 1 fully saturated rings. The summed E-state index contributed by atoms with van der Waals surface area (Å²) >= 11 is 6.05. The Labute approximate surface area is 130 Å². The second kappa shape index (κ2) is 8.02. The fourth-order valence-corrected chi connectivity index (χ4v) is 1.95. The Morgan fingerprint density at radius 3 is 2.90 bits per heavy atom. The minimum Gasteiger partial charge on any atom is -0.369 e. The van der Waals surface area contributed by atoms with Crippen LogP contribution in [0.3, 0.4) is 0 Å². The van der Waals surface area contributed by atoms with Crippen molar-refractivity contribution in [2.75, 3.05) is 23.7 Å². The van der Waals surface area contributed by atoms with Gasteiger partial charge in [0.15, 0.2) is 0 Å². The third-order valence-corrected chi connectivity index (χ3v) is 3.37. The van der Waals surface area contributed by atoms with E-state index >= 15 is 0 Å². The number of carbonyl (C=O) groups excluding carboxylic acids is 1. The summed E-state index contributed by atoms with van der Waals surface area (Å²) in [7, 11) is 0. The summed E-state index contributed by atoms with van der Waals surface area (Å²) in [5.41, 5.74) is 0. The molecule has 0 unspecified atom stereocenters. The number of nitrogens with one attached hydrogen (secondary N) is 3. The van der Waals surface area contributed by atoms with Crippen molar-refractivity contribution >= 4 is 29.3 Å². The molecule has 1 heterocycles. The van der Waals surface area contributed by atoms with E-state index in [9.17, 15) is 4.79 Å². The number of halogens is 1. The lowest BCUT2D eigenvalue weighted by Crippen LogP contribution is -2.25. The molecule has 0 spiro atoms. The van der Waals surface area contributed by atoms with Gasteiger partial charge in [-0.2, -0.15) is 4.98 Å². The molecule has 1 aliphatic rings. The molecule has 1 amide bonds. The van der Waals surface area contributed by atoms with Crippen molar-refractivity contribution in [2.24, 2.45) is 0 Å². The Bertz CT molecular complexity index is 478. The predicted octanol–water partition coefficient (Wildman–Crippen LogP) is 2.42. The molecule has 0 saturated heterocycles. The van der Waals surface area contributed by atoms with Crippen molar-refractivity contribution < 1.29 is 4.79 Å². The highest BCUT2D eigenvalue weighted by Gasteiger charge is 2.22. The third kappa shape index (κ3) is 5.75. The van der Waals surface area contributed by atoms with Gasteiger partial charge in [-0.15, -0.1) is 0 Å². The van der Waals surface area contributed by atoms with Crippen molar-refractivity contribution in [3.8, 4) is 0 Å². The summed E-state index contributed by atoms with van der Waals surface area (Å²) in [4.78, 5) is 20.0. The van der Waals surface area contributed by atoms with E-state index in [1.165, 1.54) is 0 Å². The fraction of sp³-hybridized carbons (Fsp3) is 0.643. The third-order valence-electron chi connectivity index (χ3n) is 3.09. The molecule has 1 saturated carbocycles. The Kier molecular flexibility index (Phi) is 6.04. The molecule has 0 aliphatic heterocycles.